The summed E-state index contributed by atoms with van der Waals surface area (Å²) in [6.07, 6.45) is 0.172. The van der Waals surface area contributed by atoms with Crippen molar-refractivity contribution in [1.29, 1.82) is 0 Å². The molecule has 0 spiro atoms. The lowest BCUT2D eigenvalue weighted by Gasteiger charge is -2.06. The minimum absolute atomic E-state index is 0.172. The first-order chi connectivity index (χ1) is 14.4. The van der Waals surface area contributed by atoms with Gasteiger partial charge in [-0.05, 0) is 42.3 Å². The summed E-state index contributed by atoms with van der Waals surface area (Å²) in [6, 6.07) is 16.6. The third-order valence-electron chi connectivity index (χ3n) is 4.70. The van der Waals surface area contributed by atoms with Crippen molar-refractivity contribution in [3.8, 4) is 0 Å². The summed E-state index contributed by atoms with van der Waals surface area (Å²) in [4.78, 5) is 25.3. The van der Waals surface area contributed by atoms with E-state index < -0.39 is 5.91 Å². The van der Waals surface area contributed by atoms with Gasteiger partial charge < -0.3 is 11.1 Å². The minimum atomic E-state index is -0.390. The van der Waals surface area contributed by atoms with Gasteiger partial charge in [0, 0.05) is 16.1 Å². The molecule has 6 nitrogen and oxygen atoms in total. The Morgan fingerprint density at radius 2 is 1.90 bits per heavy atom. The fraction of sp³-hybridized carbons (Fsp3) is 0.136. The smallest absolute Gasteiger partial charge is 0.265 e. The van der Waals surface area contributed by atoms with E-state index in [2.05, 4.69) is 10.4 Å². The Labute approximate surface area is 182 Å². The first kappa shape index (κ1) is 20.1. The van der Waals surface area contributed by atoms with E-state index in [1.165, 1.54) is 11.3 Å². The molecule has 0 aliphatic carbocycles. The zero-order chi connectivity index (χ0) is 21.3. The van der Waals surface area contributed by atoms with E-state index in [4.69, 9.17) is 17.3 Å². The summed E-state index contributed by atoms with van der Waals surface area (Å²) in [5, 5.41) is 9.14. The normalized spacial score (nSPS) is 11.0. The lowest BCUT2D eigenvalue weighted by molar-refractivity contribution is -0.117. The van der Waals surface area contributed by atoms with Crippen molar-refractivity contribution in [2.75, 3.05) is 5.32 Å². The monoisotopic (exact) mass is 438 g/mol. The second kappa shape index (κ2) is 8.30. The summed E-state index contributed by atoms with van der Waals surface area (Å²) in [5.41, 5.74) is 8.50. The number of benzene rings is 2. The molecule has 0 unspecified atom stereocenters. The van der Waals surface area contributed by atoms with E-state index in [0.717, 1.165) is 27.0 Å². The van der Waals surface area contributed by atoms with Crippen molar-refractivity contribution in [2.24, 2.45) is 5.73 Å². The molecule has 2 aromatic carbocycles. The van der Waals surface area contributed by atoms with Crippen molar-refractivity contribution in [2.45, 2.75) is 19.9 Å². The van der Waals surface area contributed by atoms with Gasteiger partial charge >= 0.3 is 0 Å². The van der Waals surface area contributed by atoms with Crippen LogP contribution in [0.2, 0.25) is 5.02 Å². The number of nitrogens with zero attached hydrogens (tertiary/aromatic N) is 2. The molecule has 0 saturated heterocycles. The fourth-order valence-electron chi connectivity index (χ4n) is 3.22. The summed E-state index contributed by atoms with van der Waals surface area (Å²) >= 11 is 7.68. The van der Waals surface area contributed by atoms with Gasteiger partial charge in [-0.1, -0.05) is 41.9 Å². The lowest BCUT2D eigenvalue weighted by atomic mass is 10.1. The van der Waals surface area contributed by atoms with Gasteiger partial charge in [-0.2, -0.15) is 5.10 Å². The summed E-state index contributed by atoms with van der Waals surface area (Å²) < 4.78 is 1.88. The number of anilines is 1. The maximum atomic E-state index is 12.8. The van der Waals surface area contributed by atoms with Crippen LogP contribution in [0, 0.1) is 6.92 Å². The second-order valence-corrected chi connectivity index (χ2v) is 8.40. The molecule has 4 rings (SSSR count). The molecule has 0 aliphatic rings. The van der Waals surface area contributed by atoms with Gasteiger partial charge in [0.1, 0.15) is 4.83 Å². The van der Waals surface area contributed by atoms with Gasteiger partial charge in [-0.15, -0.1) is 11.3 Å². The summed E-state index contributed by atoms with van der Waals surface area (Å²) in [6.45, 7) is 2.46. The van der Waals surface area contributed by atoms with E-state index in [1.54, 1.807) is 24.3 Å². The predicted octanol–water partition coefficient (Wildman–Crippen LogP) is 4.39. The molecule has 152 valence electrons. The molecule has 0 saturated carbocycles. The number of primary amides is 1. The highest BCUT2D eigenvalue weighted by atomic mass is 35.5. The molecule has 30 heavy (non-hydrogen) atoms. The van der Waals surface area contributed by atoms with Gasteiger partial charge in [0.2, 0.25) is 5.91 Å². The minimum Gasteiger partial charge on any atom is -0.369 e. The Morgan fingerprint density at radius 3 is 2.60 bits per heavy atom. The Balaban J connectivity index is 1.55. The fourth-order valence-corrected chi connectivity index (χ4v) is 4.47. The number of rotatable bonds is 6. The zero-order valence-corrected chi connectivity index (χ0v) is 17.8. The summed E-state index contributed by atoms with van der Waals surface area (Å²) in [7, 11) is 0. The number of hydrogen-bond acceptors (Lipinski definition) is 4. The number of aryl methyl sites for hydroxylation is 1. The number of halogens is 1. The molecule has 4 aromatic rings. The van der Waals surface area contributed by atoms with Gasteiger partial charge in [0.05, 0.1) is 23.5 Å². The molecule has 0 aliphatic heterocycles. The van der Waals surface area contributed by atoms with Crippen LogP contribution in [0.3, 0.4) is 0 Å². The highest BCUT2D eigenvalue weighted by Crippen LogP contribution is 2.30. The number of nitrogens with two attached hydrogens (primary N) is 1. The lowest BCUT2D eigenvalue weighted by Crippen LogP contribution is -2.14. The van der Waals surface area contributed by atoms with E-state index >= 15 is 0 Å². The molecule has 2 aromatic heterocycles. The average molecular weight is 439 g/mol. The molecule has 8 heteroatoms. The molecule has 2 heterocycles. The molecule has 3 N–H and O–H groups in total. The van der Waals surface area contributed by atoms with Crippen LogP contribution in [0.1, 0.15) is 26.5 Å². The van der Waals surface area contributed by atoms with Crippen LogP contribution in [0.25, 0.3) is 10.2 Å². The predicted molar refractivity (Wildman–Crippen MR) is 120 cm³/mol. The molecular weight excluding hydrogens is 420 g/mol. The molecule has 0 fully saturated rings. The first-order valence-corrected chi connectivity index (χ1v) is 10.5. The third-order valence-corrected chi connectivity index (χ3v) is 6.22. The number of hydrogen-bond donors (Lipinski definition) is 2. The van der Waals surface area contributed by atoms with Crippen molar-refractivity contribution < 1.29 is 9.59 Å². The number of nitrogens with one attached hydrogen (secondary N) is 1. The first-order valence-electron chi connectivity index (χ1n) is 9.29. The van der Waals surface area contributed by atoms with Gasteiger partial charge in [0.15, 0.2) is 0 Å². The van der Waals surface area contributed by atoms with Crippen LogP contribution in [0.5, 0.6) is 0 Å². The Hall–Kier alpha value is -3.16. The van der Waals surface area contributed by atoms with E-state index in [1.807, 2.05) is 41.9 Å². The molecule has 2 amide bonds. The SMILES string of the molecule is Cc1nn(Cc2ccccc2Cl)c2sc(C(=O)Nc3ccc(CC(N)=O)cc3)cc12. The third kappa shape index (κ3) is 4.22. The van der Waals surface area contributed by atoms with Crippen LogP contribution in [0.4, 0.5) is 5.69 Å². The molecule has 0 bridgehead atoms. The highest BCUT2D eigenvalue weighted by Gasteiger charge is 2.17. The maximum absolute atomic E-state index is 12.8. The highest BCUT2D eigenvalue weighted by molar-refractivity contribution is 7.20. The number of amides is 2. The Kier molecular flexibility index (Phi) is 5.57. The standard InChI is InChI=1S/C22H19ClN4O2S/c1-13-17-11-19(21(29)25-16-8-6-14(7-9-16)10-20(24)28)30-22(17)27(26-13)12-15-4-2-3-5-18(15)23/h2-9,11H,10,12H2,1H3,(H2,24,28)(H,25,29). The van der Waals surface area contributed by atoms with E-state index in [9.17, 15) is 9.59 Å². The topological polar surface area (TPSA) is 90.0 Å². The van der Waals surface area contributed by atoms with Crippen LogP contribution < -0.4 is 11.1 Å². The summed E-state index contributed by atoms with van der Waals surface area (Å²) in [5.74, 6) is -0.583. The molecular formula is C22H19ClN4O2S. The average Bonchev–Trinajstić information content (AvgIpc) is 3.26. The van der Waals surface area contributed by atoms with Gasteiger partial charge in [-0.3, -0.25) is 14.3 Å². The number of fused-ring (bicyclic) bond motifs is 1. The number of aromatic nitrogens is 2. The van der Waals surface area contributed by atoms with Gasteiger partial charge in [0.25, 0.3) is 5.91 Å². The number of thiophene rings is 1. The van der Waals surface area contributed by atoms with Gasteiger partial charge in [-0.25, -0.2) is 0 Å². The van der Waals surface area contributed by atoms with Crippen molar-refractivity contribution in [1.82, 2.24) is 9.78 Å². The Bertz CT molecular complexity index is 1240. The van der Waals surface area contributed by atoms with Crippen LogP contribution in [-0.2, 0) is 17.8 Å². The van der Waals surface area contributed by atoms with Crippen LogP contribution in [0.15, 0.2) is 54.6 Å². The van der Waals surface area contributed by atoms with Crippen molar-refractivity contribution >= 4 is 50.7 Å². The van der Waals surface area contributed by atoms with Crippen LogP contribution in [-0.4, -0.2) is 21.6 Å². The number of carbonyl (C=O) groups is 2. The second-order valence-electron chi connectivity index (χ2n) is 6.96. The maximum Gasteiger partial charge on any atom is 0.265 e. The quantitative estimate of drug-likeness (QED) is 0.467. The van der Waals surface area contributed by atoms with E-state index in [-0.39, 0.29) is 12.3 Å². The Morgan fingerprint density at radius 1 is 1.17 bits per heavy atom. The number of carbonyl (C=O) groups excluding carboxylic acids is 2. The zero-order valence-electron chi connectivity index (χ0n) is 16.2. The molecule has 0 atom stereocenters. The van der Waals surface area contributed by atoms with Crippen molar-refractivity contribution in [3.05, 3.63) is 81.3 Å². The van der Waals surface area contributed by atoms with Crippen LogP contribution >= 0.6 is 22.9 Å². The van der Waals surface area contributed by atoms with Crippen molar-refractivity contribution in [3.63, 3.8) is 0 Å². The van der Waals surface area contributed by atoms with E-state index in [0.29, 0.717) is 22.1 Å². The molecule has 0 radical (unpaired) electrons. The largest absolute Gasteiger partial charge is 0.369 e.